The summed E-state index contributed by atoms with van der Waals surface area (Å²) in [7, 11) is -2.48. The van der Waals surface area contributed by atoms with Crippen LogP contribution in [0.2, 0.25) is 0 Å². The molecule has 0 aliphatic carbocycles. The Hall–Kier alpha value is -2.62. The van der Waals surface area contributed by atoms with Crippen LogP contribution in [0.15, 0.2) is 78.9 Å². The number of piperidine rings is 3. The van der Waals surface area contributed by atoms with Gasteiger partial charge in [-0.15, -0.1) is 0 Å². The van der Waals surface area contributed by atoms with Gasteiger partial charge in [0.1, 0.15) is 5.75 Å². The lowest BCUT2D eigenvalue weighted by atomic mass is 9.70. The van der Waals surface area contributed by atoms with Crippen molar-refractivity contribution in [3.63, 3.8) is 0 Å². The van der Waals surface area contributed by atoms with E-state index in [0.29, 0.717) is 24.3 Å². The zero-order valence-corrected chi connectivity index (χ0v) is 21.2. The summed E-state index contributed by atoms with van der Waals surface area (Å²) in [5.74, 6) is 1.26. The second kappa shape index (κ2) is 10.2. The van der Waals surface area contributed by atoms with Crippen LogP contribution in [-0.4, -0.2) is 37.1 Å². The van der Waals surface area contributed by atoms with E-state index in [1.165, 1.54) is 29.5 Å². The van der Waals surface area contributed by atoms with E-state index in [0.717, 1.165) is 18.7 Å². The van der Waals surface area contributed by atoms with Crippen LogP contribution < -0.4 is 10.1 Å². The molecule has 3 heteroatoms. The van der Waals surface area contributed by atoms with Crippen LogP contribution in [0.25, 0.3) is 0 Å². The third-order valence-corrected chi connectivity index (χ3v) is 8.10. The van der Waals surface area contributed by atoms with E-state index in [1.54, 1.807) is 0 Å². The van der Waals surface area contributed by atoms with Gasteiger partial charge in [0, 0.05) is 30.1 Å². The predicted molar refractivity (Wildman–Crippen MR) is 145 cm³/mol. The fourth-order valence-electron chi connectivity index (χ4n) is 6.21. The first-order valence-electron chi connectivity index (χ1n) is 14.5. The molecule has 0 unspecified atom stereocenters. The summed E-state index contributed by atoms with van der Waals surface area (Å²) in [4.78, 5) is 2.67. The lowest BCUT2D eigenvalue weighted by Crippen LogP contribution is -2.64. The Bertz CT molecular complexity index is 1160. The molecular weight excluding hydrogens is 429 g/mol. The summed E-state index contributed by atoms with van der Waals surface area (Å²) in [6.07, 6.45) is 2.37. The van der Waals surface area contributed by atoms with Gasteiger partial charge in [-0.1, -0.05) is 93.6 Å². The molecule has 0 aromatic heterocycles. The van der Waals surface area contributed by atoms with E-state index < -0.39 is 7.04 Å². The molecular formula is C32H40N2O. The van der Waals surface area contributed by atoms with Gasteiger partial charge in [0.15, 0.2) is 0 Å². The molecule has 0 radical (unpaired) electrons. The normalized spacial score (nSPS) is 25.7. The van der Waals surface area contributed by atoms with Crippen molar-refractivity contribution in [3.8, 4) is 5.75 Å². The molecule has 3 aromatic rings. The first-order valence-corrected chi connectivity index (χ1v) is 13.0. The summed E-state index contributed by atoms with van der Waals surface area (Å²) < 4.78 is 28.6. The minimum atomic E-state index is -2.48. The van der Waals surface area contributed by atoms with Gasteiger partial charge in [-0.2, -0.15) is 0 Å². The maximum atomic E-state index is 7.70. The molecule has 3 saturated heterocycles. The van der Waals surface area contributed by atoms with Crippen LogP contribution >= 0.6 is 0 Å². The lowest BCUT2D eigenvalue weighted by Gasteiger charge is -2.54. The van der Waals surface area contributed by atoms with Gasteiger partial charge in [0.05, 0.1) is 11.2 Å². The van der Waals surface area contributed by atoms with E-state index in [-0.39, 0.29) is 17.4 Å². The minimum absolute atomic E-state index is 0.0445. The fraction of sp³-hybridized carbons (Fsp3) is 0.438. The van der Waals surface area contributed by atoms with Crippen molar-refractivity contribution in [2.24, 2.45) is 5.92 Å². The van der Waals surface area contributed by atoms with Crippen molar-refractivity contribution < 1.29 is 8.85 Å². The van der Waals surface area contributed by atoms with E-state index in [9.17, 15) is 0 Å². The van der Waals surface area contributed by atoms with Crippen LogP contribution in [-0.2, 0) is 12.0 Å². The quantitative estimate of drug-likeness (QED) is 0.404. The van der Waals surface area contributed by atoms with Crippen molar-refractivity contribution in [1.82, 2.24) is 10.2 Å². The van der Waals surface area contributed by atoms with Gasteiger partial charge in [-0.25, -0.2) is 0 Å². The molecule has 2 bridgehead atoms. The van der Waals surface area contributed by atoms with Crippen LogP contribution in [0.4, 0.5) is 0 Å². The van der Waals surface area contributed by atoms with E-state index in [1.807, 2.05) is 12.1 Å². The van der Waals surface area contributed by atoms with Gasteiger partial charge in [0.25, 0.3) is 0 Å². The summed E-state index contributed by atoms with van der Waals surface area (Å²) in [6, 6.07) is 28.3. The Kier molecular flexibility index (Phi) is 5.97. The Morgan fingerprint density at radius 1 is 0.943 bits per heavy atom. The van der Waals surface area contributed by atoms with Gasteiger partial charge in [0.2, 0.25) is 0 Å². The molecule has 3 aromatic carbocycles. The zero-order valence-electron chi connectivity index (χ0n) is 24.2. The summed E-state index contributed by atoms with van der Waals surface area (Å²) in [5, 5.41) is 3.94. The number of methoxy groups -OCH3 is 1. The third kappa shape index (κ3) is 5.03. The first-order chi connectivity index (χ1) is 18.1. The number of benzene rings is 3. The molecule has 1 N–H and O–H groups in total. The third-order valence-electron chi connectivity index (χ3n) is 8.10. The molecule has 184 valence electrons. The van der Waals surface area contributed by atoms with Gasteiger partial charge < -0.3 is 10.1 Å². The monoisotopic (exact) mass is 472 g/mol. The standard InChI is InChI=1S/C32H40N2O/c1-32(2,3)27-15-16-28(35-4)26(21-27)22-33-30-25-17-19-34(20-18-25)31(30)29(23-11-7-5-8-12-23)24-13-9-6-10-14-24/h5-16,21,25,29-31,33H,17-20,22H2,1-4H3/t30-,31-/m0/s1/i4+1D3. The van der Waals surface area contributed by atoms with Crippen molar-refractivity contribution >= 4 is 0 Å². The fourth-order valence-corrected chi connectivity index (χ4v) is 6.21. The highest BCUT2D eigenvalue weighted by Gasteiger charge is 2.46. The Morgan fingerprint density at radius 3 is 2.14 bits per heavy atom. The molecule has 0 saturated carbocycles. The van der Waals surface area contributed by atoms with Crippen LogP contribution in [0.1, 0.15) is 65.9 Å². The van der Waals surface area contributed by atoms with Crippen LogP contribution in [0.3, 0.4) is 0 Å². The maximum Gasteiger partial charge on any atom is 0.123 e. The van der Waals surface area contributed by atoms with Gasteiger partial charge >= 0.3 is 0 Å². The van der Waals surface area contributed by atoms with Crippen molar-refractivity contribution in [2.75, 3.05) is 20.1 Å². The molecule has 35 heavy (non-hydrogen) atoms. The smallest absolute Gasteiger partial charge is 0.123 e. The van der Waals surface area contributed by atoms with E-state index >= 15 is 0 Å². The summed E-state index contributed by atoms with van der Waals surface area (Å²) in [6.45, 7) is 9.34. The Labute approximate surface area is 215 Å². The molecule has 3 aliphatic heterocycles. The number of hydrogen-bond donors (Lipinski definition) is 1. The van der Waals surface area contributed by atoms with Crippen molar-refractivity contribution in [1.29, 1.82) is 0 Å². The number of nitrogens with zero attached hydrogens (tertiary/aromatic N) is 1. The Balaban J connectivity index is 1.49. The number of hydrogen-bond acceptors (Lipinski definition) is 3. The average molecular weight is 473 g/mol. The van der Waals surface area contributed by atoms with Crippen molar-refractivity contribution in [3.05, 3.63) is 101 Å². The molecule has 0 spiro atoms. The molecule has 3 fully saturated rings. The predicted octanol–water partition coefficient (Wildman–Crippen LogP) is 6.38. The Morgan fingerprint density at radius 2 is 1.57 bits per heavy atom. The van der Waals surface area contributed by atoms with Crippen molar-refractivity contribution in [2.45, 2.75) is 63.6 Å². The minimum Gasteiger partial charge on any atom is -0.496 e. The molecule has 3 nitrogen and oxygen atoms in total. The number of fused-ring (bicyclic) bond motifs is 3. The van der Waals surface area contributed by atoms with Crippen LogP contribution in [0.5, 0.6) is 5.75 Å². The summed E-state index contributed by atoms with van der Waals surface area (Å²) in [5.41, 5.74) is 4.70. The number of nitrogens with one attached hydrogen (secondary N) is 1. The average Bonchev–Trinajstić information content (AvgIpc) is 2.89. The molecule has 3 heterocycles. The summed E-state index contributed by atoms with van der Waals surface area (Å²) >= 11 is 0. The van der Waals surface area contributed by atoms with E-state index in [4.69, 9.17) is 8.85 Å². The molecule has 0 amide bonds. The lowest BCUT2D eigenvalue weighted by molar-refractivity contribution is 0.00462. The molecule has 3 aliphatic rings. The van der Waals surface area contributed by atoms with E-state index in [2.05, 4.69) is 97.7 Å². The van der Waals surface area contributed by atoms with Gasteiger partial charge in [-0.3, -0.25) is 4.90 Å². The molecule has 6 rings (SSSR count). The number of rotatable bonds is 7. The SMILES string of the molecule is [2H][13C]([2H])([2H])Oc1ccc(C(C)(C)C)cc1CN[C@H]1C2CCN(CC2)[C@H]1C(c1ccccc1)c1ccccc1. The first kappa shape index (κ1) is 20.6. The number of ether oxygens (including phenoxy) is 1. The highest BCUT2D eigenvalue weighted by atomic mass is 16.5. The maximum absolute atomic E-state index is 7.70. The highest BCUT2D eigenvalue weighted by molar-refractivity contribution is 5.40. The topological polar surface area (TPSA) is 24.5 Å². The highest BCUT2D eigenvalue weighted by Crippen LogP contribution is 2.42. The largest absolute Gasteiger partial charge is 0.496 e. The zero-order chi connectivity index (χ0) is 26.9. The second-order valence-corrected chi connectivity index (χ2v) is 11.2. The van der Waals surface area contributed by atoms with Gasteiger partial charge in [-0.05, 0) is 60.0 Å². The second-order valence-electron chi connectivity index (χ2n) is 11.2. The van der Waals surface area contributed by atoms with Crippen LogP contribution in [0, 0.1) is 5.92 Å². The molecule has 2 atom stereocenters.